The lowest BCUT2D eigenvalue weighted by Crippen LogP contribution is -2.65. The molecule has 0 spiro atoms. The first-order valence-corrected chi connectivity index (χ1v) is 24.3. The van der Waals surface area contributed by atoms with Crippen LogP contribution in [0.2, 0.25) is 0 Å². The van der Waals surface area contributed by atoms with E-state index in [-0.39, 0.29) is 56.6 Å². The highest BCUT2D eigenvalue weighted by molar-refractivity contribution is 5.88. The van der Waals surface area contributed by atoms with E-state index in [9.17, 15) is 81.1 Å². The third-order valence-electron chi connectivity index (χ3n) is 13.0. The largest absolute Gasteiger partial charge is 0.504 e. The van der Waals surface area contributed by atoms with Gasteiger partial charge in [-0.05, 0) is 59.7 Å². The van der Waals surface area contributed by atoms with Crippen LogP contribution in [0.1, 0.15) is 11.1 Å². The van der Waals surface area contributed by atoms with Crippen molar-refractivity contribution < 1.29 is 133 Å². The zero-order valence-corrected chi connectivity index (χ0v) is 42.1. The summed E-state index contributed by atoms with van der Waals surface area (Å²) < 4.78 is 62.9. The van der Waals surface area contributed by atoms with E-state index < -0.39 is 147 Å². The third-order valence-corrected chi connectivity index (χ3v) is 13.0. The number of benzene rings is 4. The van der Waals surface area contributed by atoms with Crippen molar-refractivity contribution in [2.75, 3.05) is 34.0 Å². The maximum atomic E-state index is 13.0. The molecule has 0 bridgehead atoms. The second-order valence-electron chi connectivity index (χ2n) is 18.4. The van der Waals surface area contributed by atoms with E-state index in [0.717, 1.165) is 24.3 Å². The minimum Gasteiger partial charge on any atom is -0.504 e. The van der Waals surface area contributed by atoms with Crippen LogP contribution in [0.3, 0.4) is 0 Å². The van der Waals surface area contributed by atoms with Crippen LogP contribution in [0, 0.1) is 0 Å². The monoisotopic (exact) mass is 1130 g/mol. The molecular weight excluding hydrogens is 1070 g/mol. The molecule has 3 aliphatic rings. The number of carbonyl (C=O) groups is 2. The van der Waals surface area contributed by atoms with E-state index in [0.29, 0.717) is 5.56 Å². The first-order chi connectivity index (χ1) is 38.2. The van der Waals surface area contributed by atoms with Crippen LogP contribution < -0.4 is 18.9 Å². The van der Waals surface area contributed by atoms with Gasteiger partial charge in [-0.1, -0.05) is 12.1 Å². The smallest absolute Gasteiger partial charge is 0.402 e. The van der Waals surface area contributed by atoms with Crippen molar-refractivity contribution in [3.05, 3.63) is 96.1 Å². The maximum Gasteiger partial charge on any atom is 0.402 e. The summed E-state index contributed by atoms with van der Waals surface area (Å²) in [6.07, 6.45) is -23.8. The van der Waals surface area contributed by atoms with Gasteiger partial charge in [0.25, 0.3) is 0 Å². The van der Waals surface area contributed by atoms with Gasteiger partial charge in [-0.2, -0.15) is 0 Å². The third kappa shape index (κ3) is 13.0. The fourth-order valence-electron chi connectivity index (χ4n) is 8.55. The van der Waals surface area contributed by atoms with Gasteiger partial charge in [0.1, 0.15) is 80.4 Å². The predicted molar refractivity (Wildman–Crippen MR) is 268 cm³/mol. The van der Waals surface area contributed by atoms with Gasteiger partial charge in [0.15, 0.2) is 58.4 Å². The Morgan fingerprint density at radius 1 is 0.512 bits per heavy atom. The van der Waals surface area contributed by atoms with Crippen LogP contribution in [0.5, 0.6) is 51.7 Å². The van der Waals surface area contributed by atoms with E-state index in [1.165, 1.54) is 87.0 Å². The molecule has 15 atom stereocenters. The Kier molecular flexibility index (Phi) is 18.5. The normalized spacial score (nSPS) is 28.9. The quantitative estimate of drug-likeness (QED) is 0.0230. The van der Waals surface area contributed by atoms with Crippen LogP contribution in [0.4, 0.5) is 0 Å². The topological polar surface area (TPSA) is 421 Å². The van der Waals surface area contributed by atoms with E-state index in [4.69, 9.17) is 51.8 Å². The molecule has 0 radical (unpaired) electrons. The lowest BCUT2D eigenvalue weighted by atomic mass is 9.97. The zero-order chi connectivity index (χ0) is 57.7. The van der Waals surface area contributed by atoms with Crippen molar-refractivity contribution in [1.82, 2.24) is 0 Å². The lowest BCUT2D eigenvalue weighted by Gasteiger charge is -2.45. The van der Waals surface area contributed by atoms with Crippen molar-refractivity contribution in [3.8, 4) is 63.1 Å². The number of fused-ring (bicyclic) bond motifs is 1. The summed E-state index contributed by atoms with van der Waals surface area (Å²) >= 11 is 0. The van der Waals surface area contributed by atoms with E-state index in [2.05, 4.69) is 0 Å². The fraction of sp³-hybridized carbons (Fsp3) is 0.377. The number of esters is 2. The molecule has 1 aromatic heterocycles. The number of hydrogen-bond donors (Lipinski definition) is 14. The minimum atomic E-state index is -2.14. The number of methoxy groups -OCH3 is 2. The highest BCUT2D eigenvalue weighted by Crippen LogP contribution is 2.43. The number of phenols is 5. The molecule has 27 heteroatoms. The number of rotatable bonds is 18. The number of carbonyl (C=O) groups excluding carboxylic acids is 2. The maximum absolute atomic E-state index is 13.0. The highest BCUT2D eigenvalue weighted by atomic mass is 16.8. The van der Waals surface area contributed by atoms with Gasteiger partial charge < -0.3 is 119 Å². The van der Waals surface area contributed by atoms with Gasteiger partial charge in [0.2, 0.25) is 18.3 Å². The first kappa shape index (κ1) is 58.5. The van der Waals surface area contributed by atoms with Crippen LogP contribution in [-0.2, 0) is 38.0 Å². The van der Waals surface area contributed by atoms with E-state index >= 15 is 0 Å². The predicted octanol–water partition coefficient (Wildman–Crippen LogP) is -0.364. The number of aliphatic hydroxyl groups is 9. The molecular formula is C53H57O27+. The summed E-state index contributed by atoms with van der Waals surface area (Å²) in [4.78, 5) is 25.8. The van der Waals surface area contributed by atoms with Crippen molar-refractivity contribution in [2.24, 2.45) is 0 Å². The Morgan fingerprint density at radius 2 is 1.02 bits per heavy atom. The average molecular weight is 1130 g/mol. The number of aromatic hydroxyl groups is 5. The number of hydrogen-bond acceptors (Lipinski definition) is 26. The summed E-state index contributed by atoms with van der Waals surface area (Å²) in [5, 5.41) is 149. The van der Waals surface area contributed by atoms with Crippen molar-refractivity contribution in [1.29, 1.82) is 0 Å². The van der Waals surface area contributed by atoms with Crippen molar-refractivity contribution in [3.63, 3.8) is 0 Å². The summed E-state index contributed by atoms with van der Waals surface area (Å²) in [5.74, 6) is -4.87. The SMILES string of the molecule is COc1cc(/C=C/C(=O)OC[C@@H]2O[C@H](O[C@@H]3C(Oc4cc5cc(O[C@@H]6O[C@H](CO)C(O)[C@H](O)C6O)c(O)cc5[o+]c4-c4ccc(O)c(OC)c4)O[C@@H](COC(=O)/C=C/c4ccc(O)c(O)c4)[C@@H](O)[C@H]3O)[C@@H](O)[C@@H](O)[C@@H]2O)ccc1O. The number of aliphatic hydroxyl groups excluding tert-OH is 9. The molecule has 0 aliphatic carbocycles. The molecule has 3 fully saturated rings. The molecule has 8 rings (SSSR count). The summed E-state index contributed by atoms with van der Waals surface area (Å²) in [6.45, 7) is -2.36. The molecule has 0 amide bonds. The zero-order valence-electron chi connectivity index (χ0n) is 42.1. The van der Waals surface area contributed by atoms with Gasteiger partial charge in [0.05, 0.1) is 37.8 Å². The molecule has 5 aromatic rings. The molecule has 3 aliphatic heterocycles. The Hall–Kier alpha value is -7.61. The lowest BCUT2D eigenvalue weighted by molar-refractivity contribution is -0.358. The van der Waals surface area contributed by atoms with Gasteiger partial charge in [-0.15, -0.1) is 0 Å². The average Bonchev–Trinajstić information content (AvgIpc) is 3.45. The highest BCUT2D eigenvalue weighted by Gasteiger charge is 2.53. The van der Waals surface area contributed by atoms with Gasteiger partial charge in [0, 0.05) is 30.4 Å². The van der Waals surface area contributed by atoms with Crippen molar-refractivity contribution >= 4 is 35.1 Å². The molecule has 3 unspecified atom stereocenters. The van der Waals surface area contributed by atoms with Gasteiger partial charge in [-0.25, -0.2) is 14.0 Å². The number of phenolic OH excluding ortho intramolecular Hbond substituents is 5. The Labute approximate surface area is 452 Å². The van der Waals surface area contributed by atoms with Crippen LogP contribution in [-0.4, -0.2) is 210 Å². The summed E-state index contributed by atoms with van der Waals surface area (Å²) in [5.41, 5.74) is 0.714. The Morgan fingerprint density at radius 3 is 1.64 bits per heavy atom. The minimum absolute atomic E-state index is 0.0260. The molecule has 27 nitrogen and oxygen atoms in total. The Balaban J connectivity index is 1.12. The fourth-order valence-corrected chi connectivity index (χ4v) is 8.55. The first-order valence-electron chi connectivity index (χ1n) is 24.3. The number of ether oxygens (including phenoxy) is 10. The summed E-state index contributed by atoms with van der Waals surface area (Å²) in [6, 6.07) is 15.4. The standard InChI is InChI=1S/C53H56O27/c1-70-32-14-23(4-9-27(32)56)6-12-40(61)72-20-37-42(63)45(66)48(69)52(78-37)80-50-46(67)43(64)38(21-73-39(60)11-5-22-3-8-26(55)29(58)13-22)79-53(50)76-35-17-25-16-34(75-51-47(68)44(65)41(62)36(19-54)77-51)30(59)18-31(25)74-49(35)24-7-10-28(57)33(15-24)71-2/h3-18,36-38,41-48,50-54,62-69H,19-21H2,1-2H3,(H4-,55,56,57,58,59,60,61)/p+1/t36-,37+,38+,41?,42-,43-,44+,45+,46-,47?,48+,50+,51-,52-,53?/m1/s1. The second kappa shape index (κ2) is 25.2. The van der Waals surface area contributed by atoms with Crippen molar-refractivity contribution in [2.45, 2.75) is 92.1 Å². The van der Waals surface area contributed by atoms with Crippen LogP contribution >= 0.6 is 0 Å². The van der Waals surface area contributed by atoms with E-state index in [1.807, 2.05) is 0 Å². The van der Waals surface area contributed by atoms with Gasteiger partial charge in [-0.3, -0.25) is 0 Å². The molecule has 3 saturated heterocycles. The molecule has 4 heterocycles. The van der Waals surface area contributed by atoms with Crippen LogP contribution in [0.15, 0.2) is 89.4 Å². The second-order valence-corrected chi connectivity index (χ2v) is 18.4. The molecule has 4 aromatic carbocycles. The molecule has 0 saturated carbocycles. The van der Waals surface area contributed by atoms with E-state index in [1.54, 1.807) is 0 Å². The van der Waals surface area contributed by atoms with Gasteiger partial charge >= 0.3 is 23.3 Å². The Bertz CT molecular complexity index is 3060. The molecule has 80 heavy (non-hydrogen) atoms. The molecule has 14 N–H and O–H groups in total. The summed E-state index contributed by atoms with van der Waals surface area (Å²) in [7, 11) is 2.59. The molecule has 430 valence electrons. The van der Waals surface area contributed by atoms with Crippen LogP contribution in [0.25, 0.3) is 34.4 Å².